The summed E-state index contributed by atoms with van der Waals surface area (Å²) in [6.45, 7) is 2.46. The van der Waals surface area contributed by atoms with Gasteiger partial charge in [0, 0.05) is 13.7 Å². The molecule has 1 aliphatic heterocycles. The van der Waals surface area contributed by atoms with Crippen LogP contribution >= 0.6 is 0 Å². The molecule has 2 rings (SSSR count). The lowest BCUT2D eigenvalue weighted by atomic mass is 10.1. The molecule has 0 aromatic heterocycles. The quantitative estimate of drug-likeness (QED) is 0.644. The third kappa shape index (κ3) is 2.72. The number of amides is 1. The number of hydrogen-bond acceptors (Lipinski definition) is 5. The van der Waals surface area contributed by atoms with Gasteiger partial charge in [-0.3, -0.25) is 14.9 Å². The van der Waals surface area contributed by atoms with E-state index < -0.39 is 10.8 Å². The molecular weight excluding hydrogens is 262 g/mol. The van der Waals surface area contributed by atoms with Gasteiger partial charge in [0.05, 0.1) is 17.1 Å². The molecule has 0 radical (unpaired) electrons. The van der Waals surface area contributed by atoms with E-state index in [9.17, 15) is 14.9 Å². The Balaban J connectivity index is 2.27. The summed E-state index contributed by atoms with van der Waals surface area (Å²) in [6, 6.07) is 4.52. The lowest BCUT2D eigenvalue weighted by Crippen LogP contribution is -2.39. The minimum atomic E-state index is -0.546. The molecule has 0 saturated carbocycles. The van der Waals surface area contributed by atoms with E-state index in [0.717, 1.165) is 0 Å². The van der Waals surface area contributed by atoms with Crippen molar-refractivity contribution in [2.45, 2.75) is 25.5 Å². The van der Waals surface area contributed by atoms with E-state index in [1.807, 2.05) is 6.92 Å². The summed E-state index contributed by atoms with van der Waals surface area (Å²) in [5.41, 5.74) is 0.165. The van der Waals surface area contributed by atoms with Gasteiger partial charge in [-0.1, -0.05) is 6.07 Å². The summed E-state index contributed by atoms with van der Waals surface area (Å²) >= 11 is 0. The third-order valence-corrected chi connectivity index (χ3v) is 3.43. The van der Waals surface area contributed by atoms with Crippen molar-refractivity contribution in [1.29, 1.82) is 0 Å². The summed E-state index contributed by atoms with van der Waals surface area (Å²) in [6.07, 6.45) is 0.636. The van der Waals surface area contributed by atoms with Gasteiger partial charge < -0.3 is 15.4 Å². The molecule has 0 aliphatic carbocycles. The second-order valence-corrected chi connectivity index (χ2v) is 4.65. The van der Waals surface area contributed by atoms with Crippen molar-refractivity contribution in [3.8, 4) is 0 Å². The molecule has 1 aromatic carbocycles. The van der Waals surface area contributed by atoms with Crippen LogP contribution in [0.2, 0.25) is 0 Å². The number of benzene rings is 1. The van der Waals surface area contributed by atoms with Crippen molar-refractivity contribution in [3.05, 3.63) is 33.9 Å². The molecule has 0 spiro atoms. The molecule has 108 valence electrons. The van der Waals surface area contributed by atoms with Gasteiger partial charge in [-0.15, -0.1) is 0 Å². The van der Waals surface area contributed by atoms with Crippen molar-refractivity contribution in [2.75, 3.05) is 19.0 Å². The molecule has 1 aromatic rings. The lowest BCUT2D eigenvalue weighted by molar-refractivity contribution is -0.384. The molecule has 7 nitrogen and oxygen atoms in total. The molecule has 1 saturated heterocycles. The van der Waals surface area contributed by atoms with Crippen LogP contribution in [0, 0.1) is 10.1 Å². The standard InChI is InChI=1S/C13H17N3O4/c1-8-10(6-7-20-8)15-13(17)9-4-3-5-11(14-2)12(9)16(18)19/h3-5,8,10,14H,6-7H2,1-2H3,(H,15,17). The molecule has 1 amide bonds. The smallest absolute Gasteiger partial charge is 0.305 e. The normalized spacial score (nSPS) is 21.5. The maximum atomic E-state index is 12.2. The van der Waals surface area contributed by atoms with Gasteiger partial charge in [-0.2, -0.15) is 0 Å². The van der Waals surface area contributed by atoms with E-state index in [0.29, 0.717) is 18.7 Å². The number of ether oxygens (including phenoxy) is 1. The van der Waals surface area contributed by atoms with Gasteiger partial charge in [0.1, 0.15) is 11.3 Å². The number of nitrogens with one attached hydrogen (secondary N) is 2. The van der Waals surface area contributed by atoms with Crippen LogP contribution in [0.5, 0.6) is 0 Å². The zero-order valence-corrected chi connectivity index (χ0v) is 11.4. The summed E-state index contributed by atoms with van der Waals surface area (Å²) in [5, 5.41) is 16.7. The SMILES string of the molecule is CNc1cccc(C(=O)NC2CCOC2C)c1[N+](=O)[O-]. The summed E-state index contributed by atoms with van der Waals surface area (Å²) in [5.74, 6) is -0.448. The van der Waals surface area contributed by atoms with Gasteiger partial charge in [-0.05, 0) is 25.5 Å². The molecular formula is C13H17N3O4. The van der Waals surface area contributed by atoms with Crippen molar-refractivity contribution in [1.82, 2.24) is 5.32 Å². The Hall–Kier alpha value is -2.15. The van der Waals surface area contributed by atoms with Crippen molar-refractivity contribution >= 4 is 17.3 Å². The Kier molecular flexibility index (Phi) is 4.19. The Morgan fingerprint density at radius 1 is 1.50 bits per heavy atom. The highest BCUT2D eigenvalue weighted by atomic mass is 16.6. The highest BCUT2D eigenvalue weighted by Gasteiger charge is 2.29. The molecule has 7 heteroatoms. The van der Waals surface area contributed by atoms with Crippen LogP contribution in [0.15, 0.2) is 18.2 Å². The van der Waals surface area contributed by atoms with E-state index in [2.05, 4.69) is 10.6 Å². The molecule has 1 fully saturated rings. The Morgan fingerprint density at radius 3 is 2.80 bits per heavy atom. The first-order valence-electron chi connectivity index (χ1n) is 6.42. The largest absolute Gasteiger partial charge is 0.383 e. The van der Waals surface area contributed by atoms with Gasteiger partial charge in [-0.25, -0.2) is 0 Å². The predicted molar refractivity (Wildman–Crippen MR) is 73.9 cm³/mol. The van der Waals surface area contributed by atoms with Crippen LogP contribution in [0.3, 0.4) is 0 Å². The molecule has 2 N–H and O–H groups in total. The average Bonchev–Trinajstić information content (AvgIpc) is 2.83. The van der Waals surface area contributed by atoms with E-state index in [-0.39, 0.29) is 23.4 Å². The van der Waals surface area contributed by atoms with E-state index in [4.69, 9.17) is 4.74 Å². The first-order valence-corrected chi connectivity index (χ1v) is 6.42. The van der Waals surface area contributed by atoms with E-state index in [1.165, 1.54) is 6.07 Å². The van der Waals surface area contributed by atoms with Crippen LogP contribution in [-0.4, -0.2) is 36.6 Å². The van der Waals surface area contributed by atoms with Gasteiger partial charge in [0.2, 0.25) is 0 Å². The van der Waals surface area contributed by atoms with Gasteiger partial charge in [0.25, 0.3) is 5.91 Å². The highest BCUT2D eigenvalue weighted by molar-refractivity contribution is 6.00. The fourth-order valence-electron chi connectivity index (χ4n) is 2.29. The highest BCUT2D eigenvalue weighted by Crippen LogP contribution is 2.28. The number of hydrogen-bond donors (Lipinski definition) is 2. The Labute approximate surface area is 116 Å². The number of nitrogens with zero attached hydrogens (tertiary/aromatic N) is 1. The Morgan fingerprint density at radius 2 is 2.25 bits per heavy atom. The monoisotopic (exact) mass is 279 g/mol. The minimum Gasteiger partial charge on any atom is -0.383 e. The topological polar surface area (TPSA) is 93.5 Å². The van der Waals surface area contributed by atoms with E-state index in [1.54, 1.807) is 19.2 Å². The predicted octanol–water partition coefficient (Wildman–Crippen LogP) is 1.54. The minimum absolute atomic E-state index is 0.0564. The number of carbonyl (C=O) groups excluding carboxylic acids is 1. The number of nitro groups is 1. The summed E-state index contributed by atoms with van der Waals surface area (Å²) in [4.78, 5) is 22.9. The fraction of sp³-hybridized carbons (Fsp3) is 0.462. The molecule has 0 bridgehead atoms. The van der Waals surface area contributed by atoms with Crippen molar-refractivity contribution < 1.29 is 14.5 Å². The van der Waals surface area contributed by atoms with Crippen LogP contribution < -0.4 is 10.6 Å². The van der Waals surface area contributed by atoms with Crippen LogP contribution in [0.25, 0.3) is 0 Å². The van der Waals surface area contributed by atoms with E-state index >= 15 is 0 Å². The molecule has 1 heterocycles. The van der Waals surface area contributed by atoms with Gasteiger partial charge >= 0.3 is 5.69 Å². The van der Waals surface area contributed by atoms with Crippen LogP contribution in [0.1, 0.15) is 23.7 Å². The summed E-state index contributed by atoms with van der Waals surface area (Å²) in [7, 11) is 1.58. The maximum absolute atomic E-state index is 12.2. The number of carbonyl (C=O) groups is 1. The number of anilines is 1. The number of nitro benzene ring substituents is 1. The Bertz CT molecular complexity index is 532. The molecule has 2 atom stereocenters. The van der Waals surface area contributed by atoms with Crippen LogP contribution in [0.4, 0.5) is 11.4 Å². The third-order valence-electron chi connectivity index (χ3n) is 3.43. The van der Waals surface area contributed by atoms with Crippen LogP contribution in [-0.2, 0) is 4.74 Å². The second kappa shape index (κ2) is 5.87. The summed E-state index contributed by atoms with van der Waals surface area (Å²) < 4.78 is 5.36. The zero-order chi connectivity index (χ0) is 14.7. The fourth-order valence-corrected chi connectivity index (χ4v) is 2.29. The molecule has 1 aliphatic rings. The number of rotatable bonds is 4. The average molecular weight is 279 g/mol. The first-order chi connectivity index (χ1) is 9.54. The number of para-hydroxylation sites is 1. The van der Waals surface area contributed by atoms with Crippen molar-refractivity contribution in [3.63, 3.8) is 0 Å². The first kappa shape index (κ1) is 14.3. The molecule has 2 unspecified atom stereocenters. The second-order valence-electron chi connectivity index (χ2n) is 4.65. The maximum Gasteiger partial charge on any atom is 0.305 e. The van der Waals surface area contributed by atoms with Crippen molar-refractivity contribution in [2.24, 2.45) is 0 Å². The lowest BCUT2D eigenvalue weighted by Gasteiger charge is -2.16. The van der Waals surface area contributed by atoms with Gasteiger partial charge in [0.15, 0.2) is 0 Å². The zero-order valence-electron chi connectivity index (χ0n) is 11.4. The molecule has 20 heavy (non-hydrogen) atoms.